The third kappa shape index (κ3) is 2.56. The van der Waals surface area contributed by atoms with Crippen LogP contribution in [0, 0.1) is 0 Å². The molecule has 1 aromatic carbocycles. The van der Waals surface area contributed by atoms with Crippen molar-refractivity contribution in [2.45, 2.75) is 19.8 Å². The summed E-state index contributed by atoms with van der Waals surface area (Å²) >= 11 is 3.27. The number of methoxy groups -OCH3 is 1. The quantitative estimate of drug-likeness (QED) is 0.891. The zero-order valence-electron chi connectivity index (χ0n) is 11.4. The largest absolute Gasteiger partial charge is 0.496 e. The molecule has 0 bridgehead atoms. The van der Waals surface area contributed by atoms with Crippen LogP contribution in [0.15, 0.2) is 22.7 Å². The summed E-state index contributed by atoms with van der Waals surface area (Å²) in [4.78, 5) is 11.0. The van der Waals surface area contributed by atoms with Crippen molar-refractivity contribution in [3.05, 3.63) is 33.9 Å². The highest BCUT2D eigenvalue weighted by molar-refractivity contribution is 9.10. The zero-order chi connectivity index (χ0) is 14.9. The molecule has 6 heteroatoms. The van der Waals surface area contributed by atoms with Gasteiger partial charge < -0.3 is 9.84 Å². The minimum absolute atomic E-state index is 0.0231. The van der Waals surface area contributed by atoms with Crippen LogP contribution in [-0.4, -0.2) is 28.4 Å². The number of nitrogens with zero attached hydrogens (tertiary/aromatic N) is 1. The fourth-order valence-electron chi connectivity index (χ4n) is 1.91. The molecule has 2 aromatic rings. The van der Waals surface area contributed by atoms with Crippen LogP contribution < -0.4 is 4.74 Å². The van der Waals surface area contributed by atoms with Crippen LogP contribution in [0.1, 0.15) is 35.8 Å². The summed E-state index contributed by atoms with van der Waals surface area (Å²) in [6.45, 7) is 4.20. The summed E-state index contributed by atoms with van der Waals surface area (Å²) in [5.41, 5.74) is 2.44. The van der Waals surface area contributed by atoms with Crippen LogP contribution in [0.5, 0.6) is 5.75 Å². The summed E-state index contributed by atoms with van der Waals surface area (Å²) in [6, 6.07) is 5.83. The number of carboxylic acids is 1. The molecule has 0 spiro atoms. The molecule has 0 amide bonds. The van der Waals surface area contributed by atoms with Crippen LogP contribution in [0.4, 0.5) is 0 Å². The Morgan fingerprint density at radius 3 is 2.65 bits per heavy atom. The number of nitrogens with one attached hydrogen (secondary N) is 1. The molecule has 20 heavy (non-hydrogen) atoms. The van der Waals surface area contributed by atoms with Gasteiger partial charge in [-0.25, -0.2) is 4.79 Å². The fraction of sp³-hybridized carbons (Fsp3) is 0.286. The average Bonchev–Trinajstić information content (AvgIpc) is 2.79. The van der Waals surface area contributed by atoms with E-state index in [9.17, 15) is 4.79 Å². The maximum Gasteiger partial charge on any atom is 0.355 e. The van der Waals surface area contributed by atoms with E-state index in [0.717, 1.165) is 11.1 Å². The van der Waals surface area contributed by atoms with E-state index < -0.39 is 5.97 Å². The Hall–Kier alpha value is -1.82. The van der Waals surface area contributed by atoms with Crippen molar-refractivity contribution in [3.63, 3.8) is 0 Å². The van der Waals surface area contributed by atoms with Gasteiger partial charge in [-0.15, -0.1) is 0 Å². The van der Waals surface area contributed by atoms with Crippen molar-refractivity contribution >= 4 is 21.9 Å². The van der Waals surface area contributed by atoms with E-state index >= 15 is 0 Å². The third-order valence-electron chi connectivity index (χ3n) is 3.07. The molecule has 0 saturated heterocycles. The highest BCUT2D eigenvalue weighted by atomic mass is 79.9. The monoisotopic (exact) mass is 338 g/mol. The summed E-state index contributed by atoms with van der Waals surface area (Å²) in [5.74, 6) is -0.0103. The first-order valence-electron chi connectivity index (χ1n) is 6.11. The van der Waals surface area contributed by atoms with Gasteiger partial charge in [0.15, 0.2) is 5.69 Å². The second kappa shape index (κ2) is 5.66. The number of benzene rings is 1. The number of carbonyl (C=O) groups is 1. The zero-order valence-corrected chi connectivity index (χ0v) is 13.0. The fourth-order valence-corrected chi connectivity index (χ4v) is 2.47. The van der Waals surface area contributed by atoms with E-state index in [1.54, 1.807) is 7.11 Å². The van der Waals surface area contributed by atoms with Gasteiger partial charge in [-0.1, -0.05) is 19.9 Å². The number of carboxylic acid groups (broad SMARTS) is 1. The van der Waals surface area contributed by atoms with Gasteiger partial charge in [0.25, 0.3) is 0 Å². The Morgan fingerprint density at radius 2 is 2.15 bits per heavy atom. The Labute approximate surface area is 125 Å². The van der Waals surface area contributed by atoms with Crippen molar-refractivity contribution in [2.24, 2.45) is 0 Å². The number of H-pyrrole nitrogens is 1. The number of halogens is 1. The second-order valence-electron chi connectivity index (χ2n) is 4.68. The number of aromatic carboxylic acids is 1. The molecule has 2 rings (SSSR count). The predicted octanol–water partition coefficient (Wildman–Crippen LogP) is 3.67. The van der Waals surface area contributed by atoms with Gasteiger partial charge in [-0.2, -0.15) is 5.10 Å². The SMILES string of the molecule is COc1cc(C(C)C)ccc1-c1n[nH]c(C(=O)O)c1Br. The molecule has 2 N–H and O–H groups in total. The van der Waals surface area contributed by atoms with Crippen LogP contribution in [0.3, 0.4) is 0 Å². The number of hydrogen-bond acceptors (Lipinski definition) is 3. The molecule has 0 atom stereocenters. The summed E-state index contributed by atoms with van der Waals surface area (Å²) < 4.78 is 5.81. The van der Waals surface area contributed by atoms with Gasteiger partial charge in [-0.05, 0) is 39.5 Å². The van der Waals surface area contributed by atoms with E-state index in [2.05, 4.69) is 40.0 Å². The first kappa shape index (κ1) is 14.6. The van der Waals surface area contributed by atoms with Crippen LogP contribution in [-0.2, 0) is 0 Å². The molecule has 106 valence electrons. The lowest BCUT2D eigenvalue weighted by Gasteiger charge is -2.11. The van der Waals surface area contributed by atoms with E-state index in [0.29, 0.717) is 21.8 Å². The van der Waals surface area contributed by atoms with Crippen molar-refractivity contribution in [2.75, 3.05) is 7.11 Å². The maximum absolute atomic E-state index is 11.0. The first-order chi connectivity index (χ1) is 9.45. The molecular formula is C14H15BrN2O3. The first-order valence-corrected chi connectivity index (χ1v) is 6.90. The maximum atomic E-state index is 11.0. The molecule has 1 aromatic heterocycles. The van der Waals surface area contributed by atoms with Crippen LogP contribution >= 0.6 is 15.9 Å². The average molecular weight is 339 g/mol. The molecule has 0 aliphatic heterocycles. The van der Waals surface area contributed by atoms with E-state index in [-0.39, 0.29) is 5.69 Å². The van der Waals surface area contributed by atoms with Gasteiger partial charge in [0.1, 0.15) is 11.4 Å². The lowest BCUT2D eigenvalue weighted by atomic mass is 10.00. The number of rotatable bonds is 4. The molecule has 0 aliphatic rings. The molecule has 0 unspecified atom stereocenters. The minimum atomic E-state index is -1.06. The lowest BCUT2D eigenvalue weighted by Crippen LogP contribution is -1.97. The Bertz CT molecular complexity index is 650. The normalized spacial score (nSPS) is 10.8. The number of ether oxygens (including phenoxy) is 1. The number of aromatic nitrogens is 2. The number of hydrogen-bond donors (Lipinski definition) is 2. The predicted molar refractivity (Wildman–Crippen MR) is 79.3 cm³/mol. The molecule has 5 nitrogen and oxygen atoms in total. The van der Waals surface area contributed by atoms with Gasteiger partial charge in [0.05, 0.1) is 11.6 Å². The highest BCUT2D eigenvalue weighted by Gasteiger charge is 2.20. The van der Waals surface area contributed by atoms with Crippen molar-refractivity contribution in [3.8, 4) is 17.0 Å². The lowest BCUT2D eigenvalue weighted by molar-refractivity contribution is 0.0689. The van der Waals surface area contributed by atoms with E-state index in [1.165, 1.54) is 0 Å². The third-order valence-corrected chi connectivity index (χ3v) is 3.84. The molecule has 0 fully saturated rings. The van der Waals surface area contributed by atoms with E-state index in [1.807, 2.05) is 18.2 Å². The van der Waals surface area contributed by atoms with Gasteiger partial charge in [0.2, 0.25) is 0 Å². The molecule has 1 heterocycles. The smallest absolute Gasteiger partial charge is 0.355 e. The Kier molecular flexibility index (Phi) is 4.13. The Morgan fingerprint density at radius 1 is 1.45 bits per heavy atom. The van der Waals surface area contributed by atoms with Crippen molar-refractivity contribution in [1.82, 2.24) is 10.2 Å². The summed E-state index contributed by atoms with van der Waals surface area (Å²) in [7, 11) is 1.58. The molecule has 0 saturated carbocycles. The van der Waals surface area contributed by atoms with Gasteiger partial charge in [-0.3, -0.25) is 5.10 Å². The summed E-state index contributed by atoms with van der Waals surface area (Å²) in [5, 5.41) is 15.6. The second-order valence-corrected chi connectivity index (χ2v) is 5.47. The Balaban J connectivity index is 2.55. The van der Waals surface area contributed by atoms with Crippen LogP contribution in [0.25, 0.3) is 11.3 Å². The highest BCUT2D eigenvalue weighted by Crippen LogP contribution is 2.36. The van der Waals surface area contributed by atoms with Crippen LogP contribution in [0.2, 0.25) is 0 Å². The van der Waals surface area contributed by atoms with Crippen molar-refractivity contribution in [1.29, 1.82) is 0 Å². The molecular weight excluding hydrogens is 324 g/mol. The number of aromatic amines is 1. The van der Waals surface area contributed by atoms with Gasteiger partial charge in [0, 0.05) is 5.56 Å². The molecule has 0 aliphatic carbocycles. The van der Waals surface area contributed by atoms with Crippen molar-refractivity contribution < 1.29 is 14.6 Å². The summed E-state index contributed by atoms with van der Waals surface area (Å²) in [6.07, 6.45) is 0. The topological polar surface area (TPSA) is 75.2 Å². The standard InChI is InChI=1S/C14H15BrN2O3/c1-7(2)8-4-5-9(10(6-8)20-3)12-11(15)13(14(18)19)17-16-12/h4-7H,1-3H3,(H,16,17)(H,18,19). The minimum Gasteiger partial charge on any atom is -0.496 e. The molecule has 0 radical (unpaired) electrons. The van der Waals surface area contributed by atoms with Gasteiger partial charge >= 0.3 is 5.97 Å². The van der Waals surface area contributed by atoms with E-state index in [4.69, 9.17) is 9.84 Å².